The zero-order valence-electron chi connectivity index (χ0n) is 10.2. The Bertz CT molecular complexity index is 225. The molecule has 0 spiro atoms. The van der Waals surface area contributed by atoms with Gasteiger partial charge in [-0.3, -0.25) is 4.79 Å². The molecular formula is C12H24N2O2. The molecule has 4 heteroatoms. The van der Waals surface area contributed by atoms with E-state index in [2.05, 4.69) is 5.32 Å². The summed E-state index contributed by atoms with van der Waals surface area (Å²) in [5, 5.41) is 12.3. The van der Waals surface area contributed by atoms with Gasteiger partial charge in [0.2, 0.25) is 5.91 Å². The number of amides is 1. The molecule has 16 heavy (non-hydrogen) atoms. The summed E-state index contributed by atoms with van der Waals surface area (Å²) in [7, 11) is 0. The molecule has 0 saturated heterocycles. The number of aliphatic hydroxyl groups is 1. The molecule has 1 rings (SSSR count). The van der Waals surface area contributed by atoms with Crippen molar-refractivity contribution in [2.24, 2.45) is 11.1 Å². The maximum absolute atomic E-state index is 11.6. The van der Waals surface area contributed by atoms with Crippen LogP contribution in [0.3, 0.4) is 0 Å². The summed E-state index contributed by atoms with van der Waals surface area (Å²) in [6.07, 6.45) is 6.20. The summed E-state index contributed by atoms with van der Waals surface area (Å²) in [5.41, 5.74) is 5.55. The lowest BCUT2D eigenvalue weighted by Gasteiger charge is -2.35. The first kappa shape index (κ1) is 13.5. The summed E-state index contributed by atoms with van der Waals surface area (Å²) < 4.78 is 0. The fourth-order valence-electron chi connectivity index (χ4n) is 2.28. The van der Waals surface area contributed by atoms with Crippen molar-refractivity contribution in [2.45, 2.75) is 51.5 Å². The van der Waals surface area contributed by atoms with E-state index in [0.29, 0.717) is 13.0 Å². The molecule has 0 aromatic rings. The van der Waals surface area contributed by atoms with E-state index in [1.165, 1.54) is 6.42 Å². The Kier molecular flexibility index (Phi) is 5.22. The molecule has 0 heterocycles. The zero-order valence-corrected chi connectivity index (χ0v) is 10.2. The lowest BCUT2D eigenvalue weighted by atomic mass is 9.74. The standard InChI is InChI=1S/C12H24N2O2/c1-2-10(13)11(16)14-8-12(9-15)6-4-3-5-7-12/h10,15H,2-9,13H2,1H3,(H,14,16). The molecule has 0 aromatic carbocycles. The topological polar surface area (TPSA) is 75.4 Å². The minimum absolute atomic E-state index is 0.0959. The molecule has 0 aliphatic heterocycles. The molecule has 1 fully saturated rings. The predicted octanol–water partition coefficient (Wildman–Crippen LogP) is 0.783. The zero-order chi connectivity index (χ0) is 12.0. The highest BCUT2D eigenvalue weighted by atomic mass is 16.3. The van der Waals surface area contributed by atoms with E-state index >= 15 is 0 Å². The van der Waals surface area contributed by atoms with Gasteiger partial charge in [-0.25, -0.2) is 0 Å². The van der Waals surface area contributed by atoms with Crippen LogP contribution in [0.5, 0.6) is 0 Å². The van der Waals surface area contributed by atoms with Gasteiger partial charge in [0.1, 0.15) is 0 Å². The molecule has 4 N–H and O–H groups in total. The highest BCUT2D eigenvalue weighted by Crippen LogP contribution is 2.35. The Morgan fingerprint density at radius 3 is 2.56 bits per heavy atom. The molecule has 94 valence electrons. The summed E-state index contributed by atoms with van der Waals surface area (Å²) >= 11 is 0. The second-order valence-electron chi connectivity index (χ2n) is 4.95. The Balaban J connectivity index is 2.41. The number of aliphatic hydroxyl groups excluding tert-OH is 1. The molecule has 1 amide bonds. The second-order valence-corrected chi connectivity index (χ2v) is 4.95. The van der Waals surface area contributed by atoms with Gasteiger partial charge in [-0.15, -0.1) is 0 Å². The first-order valence-electron chi connectivity index (χ1n) is 6.28. The lowest BCUT2D eigenvalue weighted by Crippen LogP contribution is -2.46. The smallest absolute Gasteiger partial charge is 0.236 e. The van der Waals surface area contributed by atoms with Crippen LogP contribution in [-0.2, 0) is 4.79 Å². The summed E-state index contributed by atoms with van der Waals surface area (Å²) in [6.45, 7) is 2.62. The maximum atomic E-state index is 11.6. The van der Waals surface area contributed by atoms with E-state index in [9.17, 15) is 9.90 Å². The molecule has 0 aromatic heterocycles. The van der Waals surface area contributed by atoms with Crippen molar-refractivity contribution in [3.05, 3.63) is 0 Å². The maximum Gasteiger partial charge on any atom is 0.236 e. The van der Waals surface area contributed by atoms with Crippen molar-refractivity contribution in [2.75, 3.05) is 13.2 Å². The molecule has 0 radical (unpaired) electrons. The Hall–Kier alpha value is -0.610. The fraction of sp³-hybridized carbons (Fsp3) is 0.917. The number of nitrogens with one attached hydrogen (secondary N) is 1. The number of nitrogens with two attached hydrogens (primary N) is 1. The van der Waals surface area contributed by atoms with Gasteiger partial charge in [-0.05, 0) is 19.3 Å². The van der Waals surface area contributed by atoms with E-state index < -0.39 is 6.04 Å². The van der Waals surface area contributed by atoms with Gasteiger partial charge in [-0.2, -0.15) is 0 Å². The van der Waals surface area contributed by atoms with Gasteiger partial charge in [0.25, 0.3) is 0 Å². The number of rotatable bonds is 5. The van der Waals surface area contributed by atoms with E-state index in [0.717, 1.165) is 25.7 Å². The van der Waals surface area contributed by atoms with Gasteiger partial charge < -0.3 is 16.2 Å². The molecule has 4 nitrogen and oxygen atoms in total. The van der Waals surface area contributed by atoms with Gasteiger partial charge in [0, 0.05) is 12.0 Å². The van der Waals surface area contributed by atoms with Crippen LogP contribution in [-0.4, -0.2) is 30.2 Å². The van der Waals surface area contributed by atoms with Crippen LogP contribution in [0.1, 0.15) is 45.4 Å². The van der Waals surface area contributed by atoms with Crippen molar-refractivity contribution in [3.63, 3.8) is 0 Å². The highest BCUT2D eigenvalue weighted by molar-refractivity contribution is 5.81. The van der Waals surface area contributed by atoms with Crippen LogP contribution in [0.25, 0.3) is 0 Å². The Labute approximate surface area is 97.6 Å². The Morgan fingerprint density at radius 2 is 2.06 bits per heavy atom. The third-order valence-electron chi connectivity index (χ3n) is 3.66. The molecule has 1 aliphatic rings. The normalized spacial score (nSPS) is 21.4. The van der Waals surface area contributed by atoms with Crippen LogP contribution < -0.4 is 11.1 Å². The minimum Gasteiger partial charge on any atom is -0.396 e. The van der Waals surface area contributed by atoms with Crippen LogP contribution in [0, 0.1) is 5.41 Å². The largest absolute Gasteiger partial charge is 0.396 e. The minimum atomic E-state index is -0.417. The number of hydrogen-bond acceptors (Lipinski definition) is 3. The molecule has 1 aliphatic carbocycles. The number of carbonyl (C=O) groups excluding carboxylic acids is 1. The Morgan fingerprint density at radius 1 is 1.44 bits per heavy atom. The van der Waals surface area contributed by atoms with Crippen LogP contribution in [0.15, 0.2) is 0 Å². The van der Waals surface area contributed by atoms with Crippen molar-refractivity contribution < 1.29 is 9.90 Å². The summed E-state index contributed by atoms with van der Waals surface area (Å²) in [4.78, 5) is 11.6. The van der Waals surface area contributed by atoms with E-state index in [4.69, 9.17) is 5.73 Å². The van der Waals surface area contributed by atoms with Crippen LogP contribution in [0.4, 0.5) is 0 Å². The van der Waals surface area contributed by atoms with Crippen LogP contribution in [0.2, 0.25) is 0 Å². The monoisotopic (exact) mass is 228 g/mol. The van der Waals surface area contributed by atoms with Crippen molar-refractivity contribution in [3.8, 4) is 0 Å². The first-order chi connectivity index (χ1) is 7.63. The fourth-order valence-corrected chi connectivity index (χ4v) is 2.28. The van der Waals surface area contributed by atoms with Crippen LogP contribution >= 0.6 is 0 Å². The predicted molar refractivity (Wildman–Crippen MR) is 63.9 cm³/mol. The average molecular weight is 228 g/mol. The van der Waals surface area contributed by atoms with Crippen molar-refractivity contribution in [1.82, 2.24) is 5.32 Å². The van der Waals surface area contributed by atoms with E-state index in [1.807, 2.05) is 6.92 Å². The third kappa shape index (κ3) is 3.46. The number of hydrogen-bond donors (Lipinski definition) is 3. The van der Waals surface area contributed by atoms with Gasteiger partial charge in [0.15, 0.2) is 0 Å². The third-order valence-corrected chi connectivity index (χ3v) is 3.66. The molecule has 1 unspecified atom stereocenters. The quantitative estimate of drug-likeness (QED) is 0.651. The van der Waals surface area contributed by atoms with Gasteiger partial charge >= 0.3 is 0 Å². The molecule has 1 atom stereocenters. The van der Waals surface area contributed by atoms with Crippen molar-refractivity contribution in [1.29, 1.82) is 0 Å². The highest BCUT2D eigenvalue weighted by Gasteiger charge is 2.31. The van der Waals surface area contributed by atoms with Crippen molar-refractivity contribution >= 4 is 5.91 Å². The van der Waals surface area contributed by atoms with E-state index in [-0.39, 0.29) is 17.9 Å². The molecular weight excluding hydrogens is 204 g/mol. The SMILES string of the molecule is CCC(N)C(=O)NCC1(CO)CCCCC1. The molecule has 0 bridgehead atoms. The lowest BCUT2D eigenvalue weighted by molar-refractivity contribution is -0.123. The first-order valence-corrected chi connectivity index (χ1v) is 6.28. The summed E-state index contributed by atoms with van der Waals surface area (Å²) in [5.74, 6) is -0.0964. The van der Waals surface area contributed by atoms with Gasteiger partial charge in [0.05, 0.1) is 12.6 Å². The second kappa shape index (κ2) is 6.21. The van der Waals surface area contributed by atoms with E-state index in [1.54, 1.807) is 0 Å². The average Bonchev–Trinajstić information content (AvgIpc) is 2.36. The summed E-state index contributed by atoms with van der Waals surface area (Å²) in [6, 6.07) is -0.417. The number of carbonyl (C=O) groups is 1. The van der Waals surface area contributed by atoms with Gasteiger partial charge in [-0.1, -0.05) is 26.2 Å². The molecule has 1 saturated carbocycles.